The lowest BCUT2D eigenvalue weighted by Gasteiger charge is -2.29. The first-order chi connectivity index (χ1) is 19.3. The van der Waals surface area contributed by atoms with Gasteiger partial charge in [-0.1, -0.05) is 23.7 Å². The highest BCUT2D eigenvalue weighted by Crippen LogP contribution is 2.34. The molecule has 1 fully saturated rings. The average molecular weight is 610 g/mol. The maximum absolute atomic E-state index is 13.0. The number of rotatable bonds is 9. The van der Waals surface area contributed by atoms with Crippen LogP contribution in [-0.4, -0.2) is 84.1 Å². The smallest absolute Gasteiger partial charge is 0.326 e. The summed E-state index contributed by atoms with van der Waals surface area (Å²) in [6, 6.07) is 7.31. The largest absolute Gasteiger partial charge is 0.488 e. The second-order valence-electron chi connectivity index (χ2n) is 9.48. The first-order valence-electron chi connectivity index (χ1n) is 12.5. The number of likely N-dealkylation sites (tertiary alicyclic amines) is 1. The van der Waals surface area contributed by atoms with Gasteiger partial charge in [0, 0.05) is 19.5 Å². The number of ether oxygens (including phenoxy) is 1. The molecule has 2 aliphatic heterocycles. The van der Waals surface area contributed by atoms with Crippen molar-refractivity contribution in [2.45, 2.75) is 43.0 Å². The van der Waals surface area contributed by atoms with E-state index in [9.17, 15) is 32.7 Å². The Morgan fingerprint density at radius 3 is 2.56 bits per heavy atom. The zero-order valence-corrected chi connectivity index (χ0v) is 23.3. The van der Waals surface area contributed by atoms with Gasteiger partial charge in [-0.05, 0) is 36.8 Å². The molecule has 0 bridgehead atoms. The average Bonchev–Trinajstić information content (AvgIpc) is 3.32. The molecule has 2 heterocycles. The monoisotopic (exact) mass is 609 g/mol. The van der Waals surface area contributed by atoms with Gasteiger partial charge in [-0.15, -0.1) is 0 Å². The molecular weight excluding hydrogens is 582 g/mol. The molecule has 2 aromatic rings. The van der Waals surface area contributed by atoms with E-state index in [0.717, 1.165) is 6.07 Å². The number of benzene rings is 2. The Labute approximate surface area is 240 Å². The summed E-state index contributed by atoms with van der Waals surface area (Å²) in [5.41, 5.74) is 0.904. The van der Waals surface area contributed by atoms with Gasteiger partial charge in [0.2, 0.25) is 10.0 Å². The number of anilines is 1. The summed E-state index contributed by atoms with van der Waals surface area (Å²) in [5.74, 6) is -2.48. The van der Waals surface area contributed by atoms with Gasteiger partial charge < -0.3 is 35.4 Å². The molecule has 2 aliphatic rings. The minimum absolute atomic E-state index is 0.0124. The number of amides is 3. The van der Waals surface area contributed by atoms with Crippen molar-refractivity contribution in [2.75, 3.05) is 25.0 Å². The molecule has 6 N–H and O–H groups in total. The van der Waals surface area contributed by atoms with Gasteiger partial charge in [-0.3, -0.25) is 9.59 Å². The number of urea groups is 1. The molecule has 14 nitrogen and oxygen atoms in total. The highest BCUT2D eigenvalue weighted by atomic mass is 35.5. The molecule has 0 saturated carbocycles. The molecule has 220 valence electrons. The van der Waals surface area contributed by atoms with Crippen LogP contribution in [0.4, 0.5) is 10.5 Å². The van der Waals surface area contributed by atoms with Gasteiger partial charge in [0.05, 0.1) is 29.2 Å². The van der Waals surface area contributed by atoms with Gasteiger partial charge in [0.1, 0.15) is 29.0 Å². The SMILES string of the molecule is CCN(CCC(=O)O)C(=O)N1C[C@@H](Oc2cccc(C3NC(=O)c4cc(S(N)(=O)=O)c(Cl)cc4N3)c2)C[C@H]1C(=O)O. The number of carboxylic acid groups (broad SMARTS) is 2. The fourth-order valence-electron chi connectivity index (χ4n) is 4.74. The van der Waals surface area contributed by atoms with Crippen molar-refractivity contribution < 1.29 is 42.5 Å². The van der Waals surface area contributed by atoms with Crippen LogP contribution in [0.25, 0.3) is 0 Å². The summed E-state index contributed by atoms with van der Waals surface area (Å²) in [4.78, 5) is 50.8. The topological polar surface area (TPSA) is 209 Å². The molecule has 2 aromatic carbocycles. The van der Waals surface area contributed by atoms with Crippen molar-refractivity contribution in [3.63, 3.8) is 0 Å². The molecule has 1 unspecified atom stereocenters. The van der Waals surface area contributed by atoms with Gasteiger partial charge in [-0.25, -0.2) is 23.1 Å². The van der Waals surface area contributed by atoms with Gasteiger partial charge in [0.25, 0.3) is 5.91 Å². The number of hydrogen-bond acceptors (Lipinski definition) is 8. The highest BCUT2D eigenvalue weighted by Gasteiger charge is 2.42. The van der Waals surface area contributed by atoms with Crippen LogP contribution in [-0.2, 0) is 19.6 Å². The third kappa shape index (κ3) is 6.64. The Morgan fingerprint density at radius 1 is 1.20 bits per heavy atom. The molecule has 0 aromatic heterocycles. The second-order valence-corrected chi connectivity index (χ2v) is 11.4. The van der Waals surface area contributed by atoms with Crippen molar-refractivity contribution in [1.82, 2.24) is 15.1 Å². The number of carbonyl (C=O) groups excluding carboxylic acids is 2. The zero-order chi connectivity index (χ0) is 30.1. The zero-order valence-electron chi connectivity index (χ0n) is 21.7. The second kappa shape index (κ2) is 11.8. The normalized spacial score (nSPS) is 20.0. The third-order valence-electron chi connectivity index (χ3n) is 6.73. The van der Waals surface area contributed by atoms with Crippen molar-refractivity contribution in [2.24, 2.45) is 5.14 Å². The number of hydrogen-bond donors (Lipinski definition) is 5. The lowest BCUT2D eigenvalue weighted by molar-refractivity contribution is -0.142. The first-order valence-corrected chi connectivity index (χ1v) is 14.4. The number of nitrogens with one attached hydrogen (secondary N) is 2. The van der Waals surface area contributed by atoms with E-state index in [0.29, 0.717) is 17.0 Å². The Balaban J connectivity index is 1.49. The Bertz CT molecular complexity index is 1500. The lowest BCUT2D eigenvalue weighted by atomic mass is 10.1. The summed E-state index contributed by atoms with van der Waals surface area (Å²) in [5, 5.41) is 29.5. The summed E-state index contributed by atoms with van der Waals surface area (Å²) in [6.45, 7) is 1.80. The van der Waals surface area contributed by atoms with Crippen LogP contribution in [0.5, 0.6) is 5.75 Å². The molecule has 0 radical (unpaired) electrons. The van der Waals surface area contributed by atoms with Crippen LogP contribution in [0, 0.1) is 0 Å². The van der Waals surface area contributed by atoms with Crippen LogP contribution < -0.4 is 20.5 Å². The maximum Gasteiger partial charge on any atom is 0.326 e. The van der Waals surface area contributed by atoms with Gasteiger partial charge in [-0.2, -0.15) is 0 Å². The molecule has 3 atom stereocenters. The molecule has 16 heteroatoms. The van der Waals surface area contributed by atoms with E-state index in [1.54, 1.807) is 31.2 Å². The van der Waals surface area contributed by atoms with E-state index in [-0.39, 0.29) is 48.0 Å². The number of fused-ring (bicyclic) bond motifs is 1. The molecule has 4 rings (SSSR count). The van der Waals surface area contributed by atoms with Crippen molar-refractivity contribution in [3.05, 3.63) is 52.5 Å². The van der Waals surface area contributed by atoms with E-state index in [2.05, 4.69) is 10.6 Å². The fraction of sp³-hybridized carbons (Fsp3) is 0.360. The van der Waals surface area contributed by atoms with Gasteiger partial charge in [0.15, 0.2) is 0 Å². The molecule has 0 spiro atoms. The number of primary sulfonamides is 1. The maximum atomic E-state index is 13.0. The van der Waals surface area contributed by atoms with Crippen LogP contribution in [0.2, 0.25) is 5.02 Å². The number of nitrogens with zero attached hydrogens (tertiary/aromatic N) is 2. The molecule has 1 saturated heterocycles. The van der Waals surface area contributed by atoms with E-state index in [1.165, 1.54) is 15.9 Å². The van der Waals surface area contributed by atoms with Crippen molar-refractivity contribution >= 4 is 51.2 Å². The number of sulfonamides is 1. The van der Waals surface area contributed by atoms with Crippen molar-refractivity contribution in [3.8, 4) is 5.75 Å². The fourth-order valence-corrected chi connectivity index (χ4v) is 5.83. The number of carbonyl (C=O) groups is 4. The quantitative estimate of drug-likeness (QED) is 0.277. The third-order valence-corrected chi connectivity index (χ3v) is 8.11. The van der Waals surface area contributed by atoms with E-state index in [1.807, 2.05) is 0 Å². The summed E-state index contributed by atoms with van der Waals surface area (Å²) in [7, 11) is -4.15. The Hall–Kier alpha value is -4.08. The minimum atomic E-state index is -4.15. The summed E-state index contributed by atoms with van der Waals surface area (Å²) < 4.78 is 29.6. The number of nitrogens with two attached hydrogens (primary N) is 1. The van der Waals surface area contributed by atoms with Crippen LogP contribution >= 0.6 is 11.6 Å². The van der Waals surface area contributed by atoms with E-state index in [4.69, 9.17) is 26.6 Å². The minimum Gasteiger partial charge on any atom is -0.488 e. The Morgan fingerprint density at radius 2 is 1.93 bits per heavy atom. The highest BCUT2D eigenvalue weighted by molar-refractivity contribution is 7.89. The predicted octanol–water partition coefficient (Wildman–Crippen LogP) is 1.66. The van der Waals surface area contributed by atoms with Gasteiger partial charge >= 0.3 is 18.0 Å². The van der Waals surface area contributed by atoms with E-state index >= 15 is 0 Å². The molecule has 3 amide bonds. The van der Waals surface area contributed by atoms with Crippen molar-refractivity contribution in [1.29, 1.82) is 0 Å². The molecule has 0 aliphatic carbocycles. The number of aliphatic carboxylic acids is 2. The number of halogens is 1. The van der Waals surface area contributed by atoms with E-state index < -0.39 is 52.2 Å². The lowest BCUT2D eigenvalue weighted by Crippen LogP contribution is -2.48. The number of carboxylic acids is 2. The summed E-state index contributed by atoms with van der Waals surface area (Å²) >= 11 is 6.09. The summed E-state index contributed by atoms with van der Waals surface area (Å²) in [6.07, 6.45) is -1.67. The van der Waals surface area contributed by atoms with Crippen LogP contribution in [0.3, 0.4) is 0 Å². The standard InChI is InChI=1S/C25H28ClN5O9S/c1-2-30(7-6-21(32)33)25(37)31-12-15(9-19(31)24(35)36)40-14-5-3-4-13(8-14)22-28-18-11-17(26)20(41(27,38)39)10-16(18)23(34)29-22/h3-5,8,10-11,15,19,22,28H,2,6-7,9,12H2,1H3,(H,29,34)(H,32,33)(H,35,36)(H2,27,38,39)/t15-,19-,22?/m0/s1. The molecule has 41 heavy (non-hydrogen) atoms. The van der Waals surface area contributed by atoms with Crippen LogP contribution in [0.15, 0.2) is 41.3 Å². The Kier molecular flexibility index (Phi) is 8.60. The first kappa shape index (κ1) is 29.9. The predicted molar refractivity (Wildman–Crippen MR) is 145 cm³/mol. The van der Waals surface area contributed by atoms with Crippen LogP contribution in [0.1, 0.15) is 41.9 Å². The molecular formula is C25H28ClN5O9S.